The highest BCUT2D eigenvalue weighted by Crippen LogP contribution is 2.31. The predicted octanol–water partition coefficient (Wildman–Crippen LogP) is 3.41. The van der Waals surface area contributed by atoms with Crippen LogP contribution in [0.25, 0.3) is 0 Å². The second-order valence-corrected chi connectivity index (χ2v) is 7.99. The van der Waals surface area contributed by atoms with Gasteiger partial charge in [-0.1, -0.05) is 30.3 Å². The molecular formula is C23H30ClFN6O. The Morgan fingerprint density at radius 2 is 1.81 bits per heavy atom. The number of ether oxygens (including phenoxy) is 1. The van der Waals surface area contributed by atoms with Gasteiger partial charge < -0.3 is 9.64 Å². The van der Waals surface area contributed by atoms with Gasteiger partial charge in [0.1, 0.15) is 11.9 Å². The molecule has 1 aromatic heterocycles. The van der Waals surface area contributed by atoms with Gasteiger partial charge in [0.15, 0.2) is 5.82 Å². The Hall–Kier alpha value is -2.55. The molecule has 7 nitrogen and oxygen atoms in total. The molecule has 0 saturated carbocycles. The number of tetrazole rings is 1. The molecule has 1 saturated heterocycles. The summed E-state index contributed by atoms with van der Waals surface area (Å²) in [4.78, 5) is 4.68. The van der Waals surface area contributed by atoms with Crippen molar-refractivity contribution in [1.82, 2.24) is 25.1 Å². The smallest absolute Gasteiger partial charge is 0.173 e. The molecule has 1 atom stereocenters. The SMILES string of the molecule is COCCn1nnnc1C(c1ccccc1F)N1CCN(c2cc(C)ccc2C)CC1.Cl. The quantitative estimate of drug-likeness (QED) is 0.538. The van der Waals surface area contributed by atoms with E-state index in [1.165, 1.54) is 22.9 Å². The summed E-state index contributed by atoms with van der Waals surface area (Å²) in [6.45, 7) is 8.55. The Morgan fingerprint density at radius 1 is 1.06 bits per heavy atom. The zero-order valence-corrected chi connectivity index (χ0v) is 19.6. The molecule has 32 heavy (non-hydrogen) atoms. The van der Waals surface area contributed by atoms with E-state index < -0.39 is 0 Å². The molecule has 0 aliphatic carbocycles. The summed E-state index contributed by atoms with van der Waals surface area (Å²) in [7, 11) is 1.64. The van der Waals surface area contributed by atoms with E-state index in [1.54, 1.807) is 17.9 Å². The van der Waals surface area contributed by atoms with E-state index in [0.717, 1.165) is 26.2 Å². The molecule has 1 aliphatic heterocycles. The minimum absolute atomic E-state index is 0. The number of hydrogen-bond acceptors (Lipinski definition) is 6. The van der Waals surface area contributed by atoms with Crippen LogP contribution in [0.2, 0.25) is 0 Å². The highest BCUT2D eigenvalue weighted by atomic mass is 35.5. The first-order valence-corrected chi connectivity index (χ1v) is 10.6. The fourth-order valence-electron chi connectivity index (χ4n) is 4.22. The number of benzene rings is 2. The van der Waals surface area contributed by atoms with Crippen LogP contribution in [0.5, 0.6) is 0 Å². The summed E-state index contributed by atoms with van der Waals surface area (Å²) in [6, 6.07) is 13.1. The van der Waals surface area contributed by atoms with E-state index in [2.05, 4.69) is 57.4 Å². The molecule has 0 bridgehead atoms. The summed E-state index contributed by atoms with van der Waals surface area (Å²) in [5.74, 6) is 0.396. The summed E-state index contributed by atoms with van der Waals surface area (Å²) >= 11 is 0. The molecular weight excluding hydrogens is 431 g/mol. The summed E-state index contributed by atoms with van der Waals surface area (Å²) < 4.78 is 21.8. The van der Waals surface area contributed by atoms with Gasteiger partial charge in [0.25, 0.3) is 0 Å². The van der Waals surface area contributed by atoms with Crippen molar-refractivity contribution in [3.05, 3.63) is 70.8 Å². The van der Waals surface area contributed by atoms with Crippen molar-refractivity contribution in [2.75, 3.05) is 44.8 Å². The number of aryl methyl sites for hydroxylation is 2. The van der Waals surface area contributed by atoms with Crippen LogP contribution in [0.1, 0.15) is 28.6 Å². The van der Waals surface area contributed by atoms with Gasteiger partial charge in [-0.3, -0.25) is 4.90 Å². The fourth-order valence-corrected chi connectivity index (χ4v) is 4.22. The van der Waals surface area contributed by atoms with E-state index in [9.17, 15) is 4.39 Å². The Kier molecular flexibility index (Phi) is 8.17. The highest BCUT2D eigenvalue weighted by molar-refractivity contribution is 5.85. The van der Waals surface area contributed by atoms with Crippen LogP contribution in [0.3, 0.4) is 0 Å². The first kappa shape index (κ1) is 24.1. The van der Waals surface area contributed by atoms with Crippen LogP contribution in [0, 0.1) is 19.7 Å². The largest absolute Gasteiger partial charge is 0.383 e. The Morgan fingerprint density at radius 3 is 2.53 bits per heavy atom. The van der Waals surface area contributed by atoms with E-state index in [4.69, 9.17) is 4.74 Å². The number of hydrogen-bond donors (Lipinski definition) is 0. The van der Waals surface area contributed by atoms with Crippen molar-refractivity contribution in [3.8, 4) is 0 Å². The zero-order valence-electron chi connectivity index (χ0n) is 18.7. The average Bonchev–Trinajstić information content (AvgIpc) is 3.24. The van der Waals surface area contributed by atoms with Crippen LogP contribution >= 0.6 is 12.4 Å². The summed E-state index contributed by atoms with van der Waals surface area (Å²) in [5, 5.41) is 12.3. The van der Waals surface area contributed by atoms with Gasteiger partial charge in [0.2, 0.25) is 0 Å². The molecule has 1 fully saturated rings. The molecule has 1 aliphatic rings. The van der Waals surface area contributed by atoms with Crippen LogP contribution in [-0.4, -0.2) is 65.0 Å². The first-order chi connectivity index (χ1) is 15.1. The van der Waals surface area contributed by atoms with Gasteiger partial charge in [0.05, 0.1) is 13.2 Å². The number of methoxy groups -OCH3 is 1. The van der Waals surface area contributed by atoms with Crippen LogP contribution in [0.4, 0.5) is 10.1 Å². The normalized spacial score (nSPS) is 15.4. The lowest BCUT2D eigenvalue weighted by molar-refractivity contribution is 0.171. The maximum Gasteiger partial charge on any atom is 0.173 e. The van der Waals surface area contributed by atoms with Gasteiger partial charge in [0, 0.05) is 44.5 Å². The molecule has 1 unspecified atom stereocenters. The third-order valence-corrected chi connectivity index (χ3v) is 5.90. The van der Waals surface area contributed by atoms with Crippen LogP contribution in [0.15, 0.2) is 42.5 Å². The molecule has 3 aromatic rings. The molecule has 0 N–H and O–H groups in total. The van der Waals surface area contributed by atoms with Crippen LogP contribution in [-0.2, 0) is 11.3 Å². The number of anilines is 1. The Labute approximate surface area is 194 Å². The lowest BCUT2D eigenvalue weighted by Gasteiger charge is -2.40. The Bertz CT molecular complexity index is 1020. The van der Waals surface area contributed by atoms with Crippen LogP contribution < -0.4 is 4.90 Å². The monoisotopic (exact) mass is 460 g/mol. The number of halogens is 2. The fraction of sp³-hybridized carbons (Fsp3) is 0.435. The summed E-state index contributed by atoms with van der Waals surface area (Å²) in [6.07, 6.45) is 0. The number of rotatable bonds is 7. The zero-order chi connectivity index (χ0) is 21.8. The average molecular weight is 461 g/mol. The first-order valence-electron chi connectivity index (χ1n) is 10.6. The predicted molar refractivity (Wildman–Crippen MR) is 125 cm³/mol. The molecule has 0 spiro atoms. The third kappa shape index (κ3) is 5.09. The van der Waals surface area contributed by atoms with Crippen molar-refractivity contribution in [2.24, 2.45) is 0 Å². The van der Waals surface area contributed by atoms with E-state index in [1.807, 2.05) is 12.1 Å². The molecule has 9 heteroatoms. The third-order valence-electron chi connectivity index (χ3n) is 5.90. The molecule has 0 amide bonds. The van der Waals surface area contributed by atoms with Gasteiger partial charge in [-0.15, -0.1) is 17.5 Å². The van der Waals surface area contributed by atoms with Gasteiger partial charge in [-0.25, -0.2) is 9.07 Å². The van der Waals surface area contributed by atoms with Gasteiger partial charge in [-0.2, -0.15) is 0 Å². The standard InChI is InChI=1S/C23H29FN6O.ClH/c1-17-8-9-18(2)21(16-17)28-10-12-29(13-11-28)22(19-6-4-5-7-20(19)24)23-25-26-27-30(23)14-15-31-3;/h4-9,16,22H,10-15H2,1-3H3;1H. The maximum absolute atomic E-state index is 14.9. The second kappa shape index (κ2) is 10.8. The van der Waals surface area contributed by atoms with E-state index in [-0.39, 0.29) is 24.3 Å². The Balaban J connectivity index is 0.00000289. The van der Waals surface area contributed by atoms with Gasteiger partial charge >= 0.3 is 0 Å². The molecule has 2 aromatic carbocycles. The lowest BCUT2D eigenvalue weighted by Crippen LogP contribution is -2.48. The summed E-state index contributed by atoms with van der Waals surface area (Å²) in [5.41, 5.74) is 4.39. The highest BCUT2D eigenvalue weighted by Gasteiger charge is 2.32. The van der Waals surface area contributed by atoms with Crippen molar-refractivity contribution >= 4 is 18.1 Å². The number of nitrogens with zero attached hydrogens (tertiary/aromatic N) is 6. The topological polar surface area (TPSA) is 59.3 Å². The number of aromatic nitrogens is 4. The molecule has 4 rings (SSSR count). The lowest BCUT2D eigenvalue weighted by atomic mass is 10.0. The molecule has 172 valence electrons. The minimum atomic E-state index is -0.353. The van der Waals surface area contributed by atoms with Crippen molar-refractivity contribution < 1.29 is 9.13 Å². The van der Waals surface area contributed by atoms with Crippen molar-refractivity contribution in [3.63, 3.8) is 0 Å². The minimum Gasteiger partial charge on any atom is -0.383 e. The second-order valence-electron chi connectivity index (χ2n) is 7.99. The van der Waals surface area contributed by atoms with Crippen molar-refractivity contribution in [1.29, 1.82) is 0 Å². The van der Waals surface area contributed by atoms with Crippen molar-refractivity contribution in [2.45, 2.75) is 26.4 Å². The van der Waals surface area contributed by atoms with Gasteiger partial charge in [-0.05, 0) is 47.5 Å². The molecule has 0 radical (unpaired) electrons. The number of piperazine rings is 1. The van der Waals surface area contributed by atoms with E-state index in [0.29, 0.717) is 24.5 Å². The van der Waals surface area contributed by atoms with E-state index >= 15 is 0 Å². The maximum atomic E-state index is 14.9. The molecule has 2 heterocycles.